The Morgan fingerprint density at radius 2 is 0.904 bits per heavy atom. The Labute approximate surface area is 292 Å². The highest BCUT2D eigenvalue weighted by Gasteiger charge is 2.37. The van der Waals surface area contributed by atoms with Crippen molar-refractivity contribution in [1.29, 1.82) is 5.26 Å². The average Bonchev–Trinajstić information content (AvgIpc) is 3.65. The minimum atomic E-state index is -5.07. The van der Waals surface area contributed by atoms with Gasteiger partial charge in [0.2, 0.25) is 0 Å². The van der Waals surface area contributed by atoms with Crippen LogP contribution in [-0.4, -0.2) is 23.4 Å². The summed E-state index contributed by atoms with van der Waals surface area (Å²) in [5.74, 6) is 1.02. The maximum absolute atomic E-state index is 14.2. The molecule has 6 aromatic carbocycles. The average molecular weight is 706 g/mol. The topological polar surface area (TPSA) is 52.1 Å². The molecule has 0 atom stereocenters. The normalized spacial score (nSPS) is 12.2. The van der Waals surface area contributed by atoms with Crippen molar-refractivity contribution in [2.24, 2.45) is 0 Å². The molecule has 0 fully saturated rings. The van der Waals surface area contributed by atoms with Crippen LogP contribution in [0.3, 0.4) is 0 Å². The third-order valence-corrected chi connectivity index (χ3v) is 9.37. The molecule has 8 aromatic rings. The van der Waals surface area contributed by atoms with Gasteiger partial charge < -0.3 is 18.6 Å². The van der Waals surface area contributed by atoms with Gasteiger partial charge in [-0.2, -0.15) is 31.6 Å². The van der Waals surface area contributed by atoms with Crippen molar-refractivity contribution in [2.45, 2.75) is 12.4 Å². The molecule has 5 nitrogen and oxygen atoms in total. The van der Waals surface area contributed by atoms with E-state index in [1.807, 2.05) is 60.7 Å². The molecule has 258 valence electrons. The van der Waals surface area contributed by atoms with E-state index in [1.54, 1.807) is 33.4 Å². The molecule has 2 heterocycles. The Hall–Kier alpha value is -6.41. The van der Waals surface area contributed by atoms with Gasteiger partial charge in [-0.05, 0) is 77.9 Å². The van der Waals surface area contributed by atoms with Gasteiger partial charge in [-0.15, -0.1) is 0 Å². The molecule has 11 heteroatoms. The van der Waals surface area contributed by atoms with Gasteiger partial charge in [0.1, 0.15) is 23.1 Å². The number of ether oxygens (including phenoxy) is 2. The second-order valence-corrected chi connectivity index (χ2v) is 12.3. The number of hydrogen-bond acceptors (Lipinski definition) is 3. The first-order chi connectivity index (χ1) is 24.9. The maximum atomic E-state index is 14.2. The summed E-state index contributed by atoms with van der Waals surface area (Å²) in [4.78, 5) is 0. The summed E-state index contributed by atoms with van der Waals surface area (Å²) < 4.78 is 99.7. The first-order valence-corrected chi connectivity index (χ1v) is 15.9. The lowest BCUT2D eigenvalue weighted by Gasteiger charge is -2.20. The van der Waals surface area contributed by atoms with Crippen LogP contribution in [-0.2, 0) is 12.4 Å². The third-order valence-electron chi connectivity index (χ3n) is 9.37. The summed E-state index contributed by atoms with van der Waals surface area (Å²) in [7, 11) is 3.02. The van der Waals surface area contributed by atoms with Crippen molar-refractivity contribution in [3.05, 3.63) is 132 Å². The summed E-state index contributed by atoms with van der Waals surface area (Å²) in [5.41, 5.74) is -0.0297. The zero-order valence-electron chi connectivity index (χ0n) is 27.4. The van der Waals surface area contributed by atoms with Crippen LogP contribution in [0.4, 0.5) is 26.3 Å². The van der Waals surface area contributed by atoms with Crippen LogP contribution < -0.4 is 9.47 Å². The van der Waals surface area contributed by atoms with Crippen molar-refractivity contribution in [3.8, 4) is 40.1 Å². The third kappa shape index (κ3) is 5.18. The van der Waals surface area contributed by atoms with Crippen molar-refractivity contribution >= 4 is 43.6 Å². The number of fused-ring (bicyclic) bond motifs is 6. The van der Waals surface area contributed by atoms with E-state index in [-0.39, 0.29) is 34.1 Å². The zero-order valence-corrected chi connectivity index (χ0v) is 27.4. The molecule has 52 heavy (non-hydrogen) atoms. The summed E-state index contributed by atoms with van der Waals surface area (Å²) in [6, 6.07) is 32.5. The SMILES string of the molecule is COc1ccc2c3ccccc3n(-c3cc(-c4cc(C(F)(F)F)cc(C(F)(F)F)c4)cc(-n4c5ccccc5c5ccc(OC)cc54)c3C#N)c2c1. The second kappa shape index (κ2) is 11.8. The van der Waals surface area contributed by atoms with Crippen molar-refractivity contribution < 1.29 is 35.8 Å². The molecule has 0 unspecified atom stereocenters. The summed E-state index contributed by atoms with van der Waals surface area (Å²) in [5, 5.41) is 14.3. The zero-order chi connectivity index (χ0) is 36.5. The van der Waals surface area contributed by atoms with Gasteiger partial charge in [0.15, 0.2) is 0 Å². The van der Waals surface area contributed by atoms with Crippen LogP contribution in [0, 0.1) is 11.3 Å². The molecular formula is C41H25F6N3O2. The van der Waals surface area contributed by atoms with Crippen LogP contribution in [0.25, 0.3) is 66.1 Å². The molecule has 0 radical (unpaired) electrons. The molecule has 0 aliphatic rings. The number of nitriles is 1. The number of nitrogens with zero attached hydrogens (tertiary/aromatic N) is 3. The van der Waals surface area contributed by atoms with Gasteiger partial charge in [0.05, 0.1) is 58.8 Å². The number of benzene rings is 6. The fraction of sp³-hybridized carbons (Fsp3) is 0.0976. The van der Waals surface area contributed by atoms with Gasteiger partial charge in [-0.1, -0.05) is 36.4 Å². The monoisotopic (exact) mass is 705 g/mol. The number of aromatic nitrogens is 2. The van der Waals surface area contributed by atoms with Crippen LogP contribution in [0.2, 0.25) is 0 Å². The Kier molecular flexibility index (Phi) is 7.46. The van der Waals surface area contributed by atoms with Crippen molar-refractivity contribution in [2.75, 3.05) is 14.2 Å². The minimum absolute atomic E-state index is 0.0308. The van der Waals surface area contributed by atoms with E-state index in [1.165, 1.54) is 26.4 Å². The van der Waals surface area contributed by atoms with Crippen LogP contribution >= 0.6 is 0 Å². The lowest BCUT2D eigenvalue weighted by molar-refractivity contribution is -0.143. The summed E-state index contributed by atoms with van der Waals surface area (Å²) in [6.45, 7) is 0. The van der Waals surface area contributed by atoms with Gasteiger partial charge >= 0.3 is 12.4 Å². The molecule has 0 saturated heterocycles. The van der Waals surface area contributed by atoms with Gasteiger partial charge in [-0.3, -0.25) is 0 Å². The highest BCUT2D eigenvalue weighted by atomic mass is 19.4. The van der Waals surface area contributed by atoms with Crippen molar-refractivity contribution in [1.82, 2.24) is 9.13 Å². The second-order valence-electron chi connectivity index (χ2n) is 12.3. The Bertz CT molecular complexity index is 2590. The number of rotatable bonds is 5. The first kappa shape index (κ1) is 32.8. The molecular weight excluding hydrogens is 680 g/mol. The highest BCUT2D eigenvalue weighted by molar-refractivity contribution is 6.11. The lowest BCUT2D eigenvalue weighted by atomic mass is 9.96. The van der Waals surface area contributed by atoms with E-state index in [2.05, 4.69) is 6.07 Å². The first-order valence-electron chi connectivity index (χ1n) is 15.9. The number of para-hydroxylation sites is 2. The lowest BCUT2D eigenvalue weighted by Crippen LogP contribution is -2.11. The van der Waals surface area contributed by atoms with Gasteiger partial charge in [0, 0.05) is 33.7 Å². The number of halogens is 6. The van der Waals surface area contributed by atoms with Crippen LogP contribution in [0.15, 0.2) is 115 Å². The molecule has 0 bridgehead atoms. The number of alkyl halides is 6. The fourth-order valence-electron chi connectivity index (χ4n) is 7.04. The van der Waals surface area contributed by atoms with E-state index < -0.39 is 23.5 Å². The molecule has 0 saturated carbocycles. The molecule has 0 amide bonds. The van der Waals surface area contributed by atoms with Crippen molar-refractivity contribution in [3.63, 3.8) is 0 Å². The highest BCUT2D eigenvalue weighted by Crippen LogP contribution is 2.43. The number of hydrogen-bond donors (Lipinski definition) is 0. The predicted octanol–water partition coefficient (Wildman–Crippen LogP) is 11.5. The van der Waals surface area contributed by atoms with Gasteiger partial charge in [-0.25, -0.2) is 0 Å². The minimum Gasteiger partial charge on any atom is -0.497 e. The quantitative estimate of drug-likeness (QED) is 0.168. The molecule has 0 spiro atoms. The molecule has 0 aliphatic carbocycles. The Morgan fingerprint density at radius 1 is 0.500 bits per heavy atom. The predicted molar refractivity (Wildman–Crippen MR) is 188 cm³/mol. The molecule has 0 N–H and O–H groups in total. The fourth-order valence-corrected chi connectivity index (χ4v) is 7.04. The number of methoxy groups -OCH3 is 2. The van der Waals surface area contributed by atoms with E-state index in [9.17, 15) is 31.6 Å². The van der Waals surface area contributed by atoms with E-state index in [4.69, 9.17) is 9.47 Å². The Morgan fingerprint density at radius 3 is 1.31 bits per heavy atom. The standard InChI is InChI=1S/C41H25F6N3O2/c1-51-27-11-13-31-29-7-3-5-9-34(29)49(38(31)20-27)36-17-24(23-15-25(40(42,43)44)19-26(16-23)41(45,46)47)18-37(33(36)22-48)50-35-10-6-4-8-30(35)32-14-12-28(52-2)21-39(32)50/h3-21H,1-2H3. The van der Waals surface area contributed by atoms with Gasteiger partial charge in [0.25, 0.3) is 0 Å². The smallest absolute Gasteiger partial charge is 0.416 e. The van der Waals surface area contributed by atoms with E-state index in [0.717, 1.165) is 21.5 Å². The molecule has 0 aliphatic heterocycles. The van der Waals surface area contributed by atoms with Crippen LogP contribution in [0.1, 0.15) is 16.7 Å². The van der Waals surface area contributed by atoms with E-state index in [0.29, 0.717) is 45.7 Å². The summed E-state index contributed by atoms with van der Waals surface area (Å²) in [6.07, 6.45) is -10.1. The largest absolute Gasteiger partial charge is 0.497 e. The van der Waals surface area contributed by atoms with E-state index >= 15 is 0 Å². The Balaban J connectivity index is 1.58. The molecule has 8 rings (SSSR count). The maximum Gasteiger partial charge on any atom is 0.416 e. The van der Waals surface area contributed by atoms with Crippen LogP contribution in [0.5, 0.6) is 11.5 Å². The molecule has 2 aromatic heterocycles. The summed E-state index contributed by atoms with van der Waals surface area (Å²) >= 11 is 0.